The second kappa shape index (κ2) is 10.4. The summed E-state index contributed by atoms with van der Waals surface area (Å²) in [6, 6.07) is 11.0. The van der Waals surface area contributed by atoms with E-state index < -0.39 is 0 Å². The third-order valence-corrected chi connectivity index (χ3v) is 5.00. The van der Waals surface area contributed by atoms with Gasteiger partial charge in [-0.2, -0.15) is 0 Å². The summed E-state index contributed by atoms with van der Waals surface area (Å²) < 4.78 is 0. The minimum atomic E-state index is 0.331. The number of unbranched alkanes of at least 4 members (excludes halogenated alkanes) is 6. The molecular formula is C20H35P. The van der Waals surface area contributed by atoms with E-state index in [0.29, 0.717) is 5.16 Å². The predicted molar refractivity (Wildman–Crippen MR) is 100 cm³/mol. The topological polar surface area (TPSA) is 0 Å². The van der Waals surface area contributed by atoms with Gasteiger partial charge < -0.3 is 0 Å². The zero-order chi connectivity index (χ0) is 15.6. The van der Waals surface area contributed by atoms with Crippen LogP contribution >= 0.6 is 9.24 Å². The van der Waals surface area contributed by atoms with E-state index >= 15 is 0 Å². The monoisotopic (exact) mass is 306 g/mol. The first-order valence-electron chi connectivity index (χ1n) is 8.87. The second-order valence-corrected chi connectivity index (χ2v) is 8.61. The van der Waals surface area contributed by atoms with Gasteiger partial charge in [0.05, 0.1) is 0 Å². The van der Waals surface area contributed by atoms with Gasteiger partial charge in [0.15, 0.2) is 0 Å². The van der Waals surface area contributed by atoms with E-state index in [-0.39, 0.29) is 0 Å². The Morgan fingerprint density at radius 3 is 2.05 bits per heavy atom. The first-order chi connectivity index (χ1) is 10.0. The molecule has 1 rings (SSSR count). The lowest BCUT2D eigenvalue weighted by atomic mass is 9.84. The van der Waals surface area contributed by atoms with Crippen molar-refractivity contribution in [3.05, 3.63) is 35.9 Å². The van der Waals surface area contributed by atoms with Gasteiger partial charge in [0.2, 0.25) is 0 Å². The minimum Gasteiger partial charge on any atom is -0.131 e. The van der Waals surface area contributed by atoms with Gasteiger partial charge in [0, 0.05) is 0 Å². The van der Waals surface area contributed by atoms with Crippen LogP contribution in [0.2, 0.25) is 0 Å². The van der Waals surface area contributed by atoms with Gasteiger partial charge in [-0.1, -0.05) is 96.0 Å². The highest BCUT2D eigenvalue weighted by atomic mass is 31.0. The van der Waals surface area contributed by atoms with Crippen LogP contribution in [0.3, 0.4) is 0 Å². The van der Waals surface area contributed by atoms with Crippen LogP contribution < -0.4 is 0 Å². The van der Waals surface area contributed by atoms with Crippen LogP contribution in [0.4, 0.5) is 0 Å². The number of hydrogen-bond donors (Lipinski definition) is 0. The SMILES string of the molecule is CCCCCCCCCC(Cc1ccccc1)C(C)(C)P. The van der Waals surface area contributed by atoms with Gasteiger partial charge >= 0.3 is 0 Å². The summed E-state index contributed by atoms with van der Waals surface area (Å²) in [5, 5.41) is 0.331. The molecule has 120 valence electrons. The van der Waals surface area contributed by atoms with Crippen molar-refractivity contribution in [2.75, 3.05) is 0 Å². The van der Waals surface area contributed by atoms with Crippen molar-refractivity contribution in [3.8, 4) is 0 Å². The van der Waals surface area contributed by atoms with Crippen molar-refractivity contribution in [1.29, 1.82) is 0 Å². The van der Waals surface area contributed by atoms with E-state index in [9.17, 15) is 0 Å². The lowest BCUT2D eigenvalue weighted by molar-refractivity contribution is 0.373. The molecule has 2 unspecified atom stereocenters. The van der Waals surface area contributed by atoms with Gasteiger partial charge in [-0.05, 0) is 29.5 Å². The normalized spacial score (nSPS) is 13.3. The summed E-state index contributed by atoms with van der Waals surface area (Å²) in [5.74, 6) is 0.764. The maximum Gasteiger partial charge on any atom is -0.0175 e. The van der Waals surface area contributed by atoms with Crippen molar-refractivity contribution in [3.63, 3.8) is 0 Å². The molecule has 1 heteroatoms. The molecule has 0 amide bonds. The van der Waals surface area contributed by atoms with Crippen molar-refractivity contribution in [2.45, 2.75) is 83.7 Å². The van der Waals surface area contributed by atoms with Gasteiger partial charge in [0.1, 0.15) is 0 Å². The zero-order valence-corrected chi connectivity index (χ0v) is 15.6. The van der Waals surface area contributed by atoms with E-state index in [1.54, 1.807) is 0 Å². The van der Waals surface area contributed by atoms with Crippen molar-refractivity contribution >= 4 is 9.24 Å². The minimum absolute atomic E-state index is 0.331. The average Bonchev–Trinajstić information content (AvgIpc) is 2.45. The van der Waals surface area contributed by atoms with E-state index in [4.69, 9.17) is 0 Å². The first-order valence-corrected chi connectivity index (χ1v) is 9.44. The van der Waals surface area contributed by atoms with Crippen LogP contribution in [0.15, 0.2) is 30.3 Å². The highest BCUT2D eigenvalue weighted by Crippen LogP contribution is 2.33. The molecule has 0 heterocycles. The van der Waals surface area contributed by atoms with Crippen LogP contribution in [0.5, 0.6) is 0 Å². The molecule has 1 aromatic rings. The van der Waals surface area contributed by atoms with Crippen LogP contribution in [-0.2, 0) is 6.42 Å². The summed E-state index contributed by atoms with van der Waals surface area (Å²) >= 11 is 0. The van der Waals surface area contributed by atoms with Gasteiger partial charge in [-0.25, -0.2) is 0 Å². The predicted octanol–water partition coefficient (Wildman–Crippen LogP) is 6.64. The standard InChI is InChI=1S/C20H35P/c1-4-5-6-7-8-9-13-16-19(20(2,3)21)17-18-14-11-10-12-15-18/h10-12,14-15,19H,4-9,13,16-17,21H2,1-3H3. The molecule has 0 nitrogen and oxygen atoms in total. The summed E-state index contributed by atoms with van der Waals surface area (Å²) in [4.78, 5) is 0. The largest absolute Gasteiger partial charge is 0.131 e. The molecule has 0 aliphatic heterocycles. The number of benzene rings is 1. The molecule has 0 aromatic heterocycles. The van der Waals surface area contributed by atoms with Gasteiger partial charge in [-0.15, -0.1) is 9.24 Å². The number of rotatable bonds is 11. The van der Waals surface area contributed by atoms with Crippen molar-refractivity contribution < 1.29 is 0 Å². The van der Waals surface area contributed by atoms with Crippen LogP contribution in [0.1, 0.15) is 77.7 Å². The molecule has 0 N–H and O–H groups in total. The fourth-order valence-corrected chi connectivity index (χ4v) is 3.27. The highest BCUT2D eigenvalue weighted by molar-refractivity contribution is 7.18. The summed E-state index contributed by atoms with van der Waals surface area (Å²) in [7, 11) is 3.07. The molecule has 0 spiro atoms. The fourth-order valence-electron chi connectivity index (χ4n) is 2.98. The Morgan fingerprint density at radius 2 is 1.48 bits per heavy atom. The molecule has 0 aliphatic carbocycles. The van der Waals surface area contributed by atoms with E-state index in [1.807, 2.05) is 0 Å². The van der Waals surface area contributed by atoms with Crippen LogP contribution in [0.25, 0.3) is 0 Å². The Bertz CT molecular complexity index is 350. The summed E-state index contributed by atoms with van der Waals surface area (Å²) in [5.41, 5.74) is 1.49. The lowest BCUT2D eigenvalue weighted by Crippen LogP contribution is -2.26. The molecule has 1 aromatic carbocycles. The third kappa shape index (κ3) is 8.62. The second-order valence-electron chi connectivity index (χ2n) is 7.12. The number of hydrogen-bond acceptors (Lipinski definition) is 0. The van der Waals surface area contributed by atoms with Crippen LogP contribution in [0, 0.1) is 5.92 Å². The van der Waals surface area contributed by atoms with E-state index in [1.165, 1.54) is 63.4 Å². The molecule has 21 heavy (non-hydrogen) atoms. The molecule has 0 bridgehead atoms. The first kappa shape index (κ1) is 18.7. The molecule has 0 aliphatic rings. The third-order valence-electron chi connectivity index (χ3n) is 4.53. The van der Waals surface area contributed by atoms with Crippen LogP contribution in [-0.4, -0.2) is 5.16 Å². The summed E-state index contributed by atoms with van der Waals surface area (Å²) in [6.07, 6.45) is 12.4. The van der Waals surface area contributed by atoms with Crippen molar-refractivity contribution in [2.24, 2.45) is 5.92 Å². The molecule has 0 fully saturated rings. The maximum absolute atomic E-state index is 3.07. The lowest BCUT2D eigenvalue weighted by Gasteiger charge is -2.31. The van der Waals surface area contributed by atoms with E-state index in [2.05, 4.69) is 60.3 Å². The molecule has 0 saturated heterocycles. The Labute approximate surface area is 135 Å². The smallest absolute Gasteiger partial charge is 0.0175 e. The van der Waals surface area contributed by atoms with E-state index in [0.717, 1.165) is 5.92 Å². The molecule has 0 radical (unpaired) electrons. The highest BCUT2D eigenvalue weighted by Gasteiger charge is 2.24. The Hall–Kier alpha value is -0.350. The fraction of sp³-hybridized carbons (Fsp3) is 0.700. The van der Waals surface area contributed by atoms with Crippen molar-refractivity contribution in [1.82, 2.24) is 0 Å². The Morgan fingerprint density at radius 1 is 0.905 bits per heavy atom. The van der Waals surface area contributed by atoms with Gasteiger partial charge in [-0.3, -0.25) is 0 Å². The Kier molecular flexibility index (Phi) is 9.25. The quantitative estimate of drug-likeness (QED) is 0.317. The molecular weight excluding hydrogens is 271 g/mol. The van der Waals surface area contributed by atoms with Gasteiger partial charge in [0.25, 0.3) is 0 Å². The summed E-state index contributed by atoms with van der Waals surface area (Å²) in [6.45, 7) is 7.02. The Balaban J connectivity index is 2.31. The average molecular weight is 306 g/mol. The maximum atomic E-state index is 3.07. The zero-order valence-electron chi connectivity index (χ0n) is 14.4. The molecule has 2 atom stereocenters. The molecule has 0 saturated carbocycles.